The van der Waals surface area contributed by atoms with Crippen molar-refractivity contribution >= 4 is 5.91 Å². The quantitative estimate of drug-likeness (QED) is 0.806. The number of aromatic nitrogens is 3. The Morgan fingerprint density at radius 3 is 2.91 bits per heavy atom. The van der Waals surface area contributed by atoms with Crippen LogP contribution in [0.5, 0.6) is 0 Å². The molecule has 1 spiro atoms. The molecule has 23 heavy (non-hydrogen) atoms. The third kappa shape index (κ3) is 2.16. The second-order valence-electron chi connectivity index (χ2n) is 6.66. The van der Waals surface area contributed by atoms with Crippen LogP contribution in [0.15, 0.2) is 24.5 Å². The highest BCUT2D eigenvalue weighted by Crippen LogP contribution is 2.55. The van der Waals surface area contributed by atoms with Gasteiger partial charge in [-0.05, 0) is 38.3 Å². The largest absolute Gasteiger partial charge is 0.392 e. The number of carbonyl (C=O) groups excluding carboxylic acids is 1. The Morgan fingerprint density at radius 1 is 1.48 bits per heavy atom. The summed E-state index contributed by atoms with van der Waals surface area (Å²) < 4.78 is 0. The second kappa shape index (κ2) is 5.16. The van der Waals surface area contributed by atoms with Crippen LogP contribution in [0.1, 0.15) is 41.9 Å². The molecule has 0 aliphatic heterocycles. The van der Waals surface area contributed by atoms with Crippen LogP contribution in [0.4, 0.5) is 0 Å². The van der Waals surface area contributed by atoms with E-state index in [1.54, 1.807) is 12.4 Å². The molecular formula is C17H20N4O2. The summed E-state index contributed by atoms with van der Waals surface area (Å²) in [4.78, 5) is 24.2. The van der Waals surface area contributed by atoms with Crippen LogP contribution in [-0.2, 0) is 0 Å². The monoisotopic (exact) mass is 312 g/mol. The number of imidazole rings is 1. The van der Waals surface area contributed by atoms with E-state index in [-0.39, 0.29) is 23.5 Å². The molecule has 2 aliphatic carbocycles. The molecule has 2 fully saturated rings. The van der Waals surface area contributed by atoms with Crippen LogP contribution < -0.4 is 5.32 Å². The SMILES string of the molecule is Cc1[nH]c(-c2cccnc2)nc1C(=O)NC1CC(O)C12CCC2. The van der Waals surface area contributed by atoms with Crippen LogP contribution in [0.25, 0.3) is 11.4 Å². The number of aryl methyl sites for hydroxylation is 1. The number of nitrogens with zero attached hydrogens (tertiary/aromatic N) is 2. The van der Waals surface area contributed by atoms with E-state index in [9.17, 15) is 9.90 Å². The Balaban J connectivity index is 1.52. The minimum atomic E-state index is -0.271. The van der Waals surface area contributed by atoms with E-state index in [0.717, 1.165) is 30.5 Å². The van der Waals surface area contributed by atoms with Gasteiger partial charge >= 0.3 is 0 Å². The summed E-state index contributed by atoms with van der Waals surface area (Å²) in [5, 5.41) is 13.1. The summed E-state index contributed by atoms with van der Waals surface area (Å²) in [6, 6.07) is 3.80. The molecule has 0 saturated heterocycles. The van der Waals surface area contributed by atoms with Gasteiger partial charge in [0.05, 0.1) is 6.10 Å². The van der Waals surface area contributed by atoms with E-state index in [2.05, 4.69) is 20.3 Å². The minimum absolute atomic E-state index is 0.0664. The third-order valence-electron chi connectivity index (χ3n) is 5.44. The van der Waals surface area contributed by atoms with Gasteiger partial charge in [0.2, 0.25) is 0 Å². The van der Waals surface area contributed by atoms with Crippen LogP contribution in [0.3, 0.4) is 0 Å². The van der Waals surface area contributed by atoms with E-state index in [0.29, 0.717) is 17.9 Å². The average Bonchev–Trinajstić information content (AvgIpc) is 2.88. The van der Waals surface area contributed by atoms with E-state index < -0.39 is 0 Å². The summed E-state index contributed by atoms with van der Waals surface area (Å²) in [5.74, 6) is 0.477. The normalized spacial score (nSPS) is 24.8. The Hall–Kier alpha value is -2.21. The van der Waals surface area contributed by atoms with Crippen molar-refractivity contribution in [2.45, 2.75) is 44.8 Å². The number of hydrogen-bond donors (Lipinski definition) is 3. The van der Waals surface area contributed by atoms with Crippen molar-refractivity contribution in [3.8, 4) is 11.4 Å². The van der Waals surface area contributed by atoms with Crippen LogP contribution >= 0.6 is 0 Å². The molecule has 2 aromatic rings. The fraction of sp³-hybridized carbons (Fsp3) is 0.471. The maximum absolute atomic E-state index is 12.6. The minimum Gasteiger partial charge on any atom is -0.392 e. The molecule has 2 aliphatic rings. The predicted octanol–water partition coefficient (Wildman–Crippen LogP) is 1.81. The van der Waals surface area contributed by atoms with E-state index in [4.69, 9.17) is 0 Å². The molecule has 4 rings (SSSR count). The molecule has 6 heteroatoms. The van der Waals surface area contributed by atoms with Crippen molar-refractivity contribution in [1.29, 1.82) is 0 Å². The Kier molecular flexibility index (Phi) is 3.23. The highest BCUT2D eigenvalue weighted by atomic mass is 16.3. The number of hydrogen-bond acceptors (Lipinski definition) is 4. The van der Waals surface area contributed by atoms with Gasteiger partial charge in [0.25, 0.3) is 5.91 Å². The van der Waals surface area contributed by atoms with Crippen molar-refractivity contribution in [2.75, 3.05) is 0 Å². The smallest absolute Gasteiger partial charge is 0.272 e. The molecule has 0 bridgehead atoms. The first kappa shape index (κ1) is 14.4. The molecule has 6 nitrogen and oxygen atoms in total. The number of nitrogens with one attached hydrogen (secondary N) is 2. The molecule has 120 valence electrons. The maximum atomic E-state index is 12.6. The van der Waals surface area contributed by atoms with Crippen LogP contribution in [-0.4, -0.2) is 38.1 Å². The topological polar surface area (TPSA) is 90.9 Å². The number of H-pyrrole nitrogens is 1. The summed E-state index contributed by atoms with van der Waals surface area (Å²) >= 11 is 0. The van der Waals surface area contributed by atoms with Gasteiger partial charge in [0, 0.05) is 35.1 Å². The highest BCUT2D eigenvalue weighted by molar-refractivity contribution is 5.94. The van der Waals surface area contributed by atoms with Crippen molar-refractivity contribution < 1.29 is 9.90 Å². The maximum Gasteiger partial charge on any atom is 0.272 e. The van der Waals surface area contributed by atoms with Crippen LogP contribution in [0.2, 0.25) is 0 Å². The van der Waals surface area contributed by atoms with Crippen molar-refractivity contribution in [2.24, 2.45) is 5.41 Å². The lowest BCUT2D eigenvalue weighted by Crippen LogP contribution is -2.67. The Labute approximate surface area is 134 Å². The molecule has 2 aromatic heterocycles. The van der Waals surface area contributed by atoms with Crippen molar-refractivity contribution in [3.05, 3.63) is 35.9 Å². The zero-order valence-electron chi connectivity index (χ0n) is 13.0. The van der Waals surface area contributed by atoms with Gasteiger partial charge in [-0.15, -0.1) is 0 Å². The van der Waals surface area contributed by atoms with Gasteiger partial charge in [-0.1, -0.05) is 6.42 Å². The first-order chi connectivity index (χ1) is 11.1. The zero-order chi connectivity index (χ0) is 16.0. The summed E-state index contributed by atoms with van der Waals surface area (Å²) in [6.07, 6.45) is 6.92. The highest BCUT2D eigenvalue weighted by Gasteiger charge is 2.58. The lowest BCUT2D eigenvalue weighted by atomic mass is 9.51. The standard InChI is InChI=1S/C17H20N4O2/c1-10-14(21-15(19-10)11-4-2-7-18-9-11)16(23)20-12-8-13(22)17(12)5-3-6-17/h2,4,7,9,12-13,22H,3,5-6,8H2,1H3,(H,19,21)(H,20,23). The predicted molar refractivity (Wildman–Crippen MR) is 84.7 cm³/mol. The van der Waals surface area contributed by atoms with Crippen molar-refractivity contribution in [3.63, 3.8) is 0 Å². The number of pyridine rings is 1. The molecule has 2 atom stereocenters. The van der Waals surface area contributed by atoms with E-state index in [1.807, 2.05) is 19.1 Å². The molecule has 0 aromatic carbocycles. The summed E-state index contributed by atoms with van der Waals surface area (Å²) in [7, 11) is 0. The van der Waals surface area contributed by atoms with Gasteiger partial charge < -0.3 is 15.4 Å². The molecule has 1 amide bonds. The average molecular weight is 312 g/mol. The van der Waals surface area contributed by atoms with Gasteiger partial charge in [-0.2, -0.15) is 0 Å². The first-order valence-electron chi connectivity index (χ1n) is 8.06. The number of aliphatic hydroxyl groups excluding tert-OH is 1. The molecular weight excluding hydrogens is 292 g/mol. The molecule has 2 heterocycles. The third-order valence-corrected chi connectivity index (χ3v) is 5.44. The second-order valence-corrected chi connectivity index (χ2v) is 6.66. The van der Waals surface area contributed by atoms with E-state index >= 15 is 0 Å². The van der Waals surface area contributed by atoms with Gasteiger partial charge in [-0.3, -0.25) is 9.78 Å². The van der Waals surface area contributed by atoms with Crippen LogP contribution in [0, 0.1) is 12.3 Å². The van der Waals surface area contributed by atoms with Gasteiger partial charge in [-0.25, -0.2) is 4.98 Å². The summed E-state index contributed by atoms with van der Waals surface area (Å²) in [5.41, 5.74) is 1.93. The number of aliphatic hydroxyl groups is 1. The molecule has 2 unspecified atom stereocenters. The summed E-state index contributed by atoms with van der Waals surface area (Å²) in [6.45, 7) is 1.84. The van der Waals surface area contributed by atoms with E-state index in [1.165, 1.54) is 0 Å². The number of aromatic amines is 1. The molecule has 0 radical (unpaired) electrons. The van der Waals surface area contributed by atoms with Gasteiger partial charge in [0.15, 0.2) is 0 Å². The van der Waals surface area contributed by atoms with Crippen molar-refractivity contribution in [1.82, 2.24) is 20.3 Å². The fourth-order valence-corrected chi connectivity index (χ4v) is 3.78. The van der Waals surface area contributed by atoms with Gasteiger partial charge in [0.1, 0.15) is 11.5 Å². The molecule has 2 saturated carbocycles. The molecule has 3 N–H and O–H groups in total. The Morgan fingerprint density at radius 2 is 2.30 bits per heavy atom. The number of amides is 1. The number of rotatable bonds is 3. The lowest BCUT2D eigenvalue weighted by Gasteiger charge is -2.59. The first-order valence-corrected chi connectivity index (χ1v) is 8.06. The lowest BCUT2D eigenvalue weighted by molar-refractivity contribution is -0.141. The zero-order valence-corrected chi connectivity index (χ0v) is 13.0. The number of carbonyl (C=O) groups is 1. The Bertz CT molecular complexity index is 736. The fourth-order valence-electron chi connectivity index (χ4n) is 3.78.